The molecule has 1 aromatic carbocycles. The third-order valence-corrected chi connectivity index (χ3v) is 5.16. The summed E-state index contributed by atoms with van der Waals surface area (Å²) in [6.45, 7) is 2.26. The number of likely N-dealkylation sites (tertiary alicyclic amines) is 1. The number of rotatable bonds is 6. The quantitative estimate of drug-likeness (QED) is 0.823. The SMILES string of the molecule is CCOc1cc(CN2CC3CCCC(N)C3C2)ccc1OC(F)F.Cl. The zero-order chi connectivity index (χ0) is 17.1. The van der Waals surface area contributed by atoms with E-state index < -0.39 is 6.61 Å². The molecule has 3 atom stereocenters. The summed E-state index contributed by atoms with van der Waals surface area (Å²) in [6, 6.07) is 5.53. The van der Waals surface area contributed by atoms with Gasteiger partial charge in [-0.3, -0.25) is 4.90 Å². The Morgan fingerprint density at radius 2 is 2.04 bits per heavy atom. The maximum absolute atomic E-state index is 12.5. The Morgan fingerprint density at radius 3 is 2.72 bits per heavy atom. The van der Waals surface area contributed by atoms with E-state index in [2.05, 4.69) is 9.64 Å². The zero-order valence-electron chi connectivity index (χ0n) is 14.5. The largest absolute Gasteiger partial charge is 0.490 e. The van der Waals surface area contributed by atoms with E-state index >= 15 is 0 Å². The van der Waals surface area contributed by atoms with Crippen molar-refractivity contribution in [1.82, 2.24) is 4.90 Å². The van der Waals surface area contributed by atoms with Gasteiger partial charge >= 0.3 is 6.61 Å². The summed E-state index contributed by atoms with van der Waals surface area (Å²) >= 11 is 0. The van der Waals surface area contributed by atoms with Gasteiger partial charge in [0, 0.05) is 25.7 Å². The van der Waals surface area contributed by atoms with Crippen molar-refractivity contribution >= 4 is 12.4 Å². The Hall–Kier alpha value is -1.11. The maximum Gasteiger partial charge on any atom is 0.387 e. The summed E-state index contributed by atoms with van der Waals surface area (Å²) in [6.07, 6.45) is 3.62. The average Bonchev–Trinajstić information content (AvgIpc) is 2.94. The molecule has 4 nitrogen and oxygen atoms in total. The lowest BCUT2D eigenvalue weighted by Gasteiger charge is -2.29. The lowest BCUT2D eigenvalue weighted by molar-refractivity contribution is -0.0514. The van der Waals surface area contributed by atoms with Crippen molar-refractivity contribution in [2.75, 3.05) is 19.7 Å². The van der Waals surface area contributed by atoms with Crippen molar-refractivity contribution in [3.05, 3.63) is 23.8 Å². The van der Waals surface area contributed by atoms with E-state index in [4.69, 9.17) is 10.5 Å². The van der Waals surface area contributed by atoms with Crippen molar-refractivity contribution in [3.63, 3.8) is 0 Å². The number of ether oxygens (including phenoxy) is 2. The molecule has 1 aliphatic heterocycles. The smallest absolute Gasteiger partial charge is 0.387 e. The van der Waals surface area contributed by atoms with Gasteiger partial charge in [0.2, 0.25) is 0 Å². The fraction of sp³-hybridized carbons (Fsp3) is 0.667. The van der Waals surface area contributed by atoms with Gasteiger partial charge < -0.3 is 15.2 Å². The molecule has 2 N–H and O–H groups in total. The topological polar surface area (TPSA) is 47.7 Å². The highest BCUT2D eigenvalue weighted by Gasteiger charge is 2.38. The molecule has 2 fully saturated rings. The Balaban J connectivity index is 0.00000225. The highest BCUT2D eigenvalue weighted by Crippen LogP contribution is 2.37. The molecule has 0 aromatic heterocycles. The van der Waals surface area contributed by atoms with Gasteiger partial charge in [-0.05, 0) is 49.3 Å². The second-order valence-electron chi connectivity index (χ2n) is 6.81. The molecular weight excluding hydrogens is 350 g/mol. The molecule has 1 aliphatic carbocycles. The number of alkyl halides is 2. The first-order valence-electron chi connectivity index (χ1n) is 8.75. The number of hydrogen-bond acceptors (Lipinski definition) is 4. The van der Waals surface area contributed by atoms with Gasteiger partial charge in [-0.25, -0.2) is 0 Å². The van der Waals surface area contributed by atoms with Crippen LogP contribution in [0.3, 0.4) is 0 Å². The fourth-order valence-electron chi connectivity index (χ4n) is 4.11. The number of halogens is 3. The first-order chi connectivity index (χ1) is 11.6. The van der Waals surface area contributed by atoms with Crippen molar-refractivity contribution in [2.24, 2.45) is 17.6 Å². The second kappa shape index (κ2) is 9.01. The molecule has 0 spiro atoms. The zero-order valence-corrected chi connectivity index (χ0v) is 15.3. The normalized spacial score (nSPS) is 26.2. The van der Waals surface area contributed by atoms with Crippen LogP contribution in [-0.4, -0.2) is 37.2 Å². The molecule has 25 heavy (non-hydrogen) atoms. The van der Waals surface area contributed by atoms with Crippen LogP contribution in [0.1, 0.15) is 31.7 Å². The first-order valence-corrected chi connectivity index (χ1v) is 8.75. The number of hydrogen-bond donors (Lipinski definition) is 1. The molecule has 0 bridgehead atoms. The van der Waals surface area contributed by atoms with E-state index in [1.54, 1.807) is 6.07 Å². The van der Waals surface area contributed by atoms with Crippen LogP contribution < -0.4 is 15.2 Å². The van der Waals surface area contributed by atoms with Crippen molar-refractivity contribution in [2.45, 2.75) is 45.4 Å². The number of nitrogens with zero attached hydrogens (tertiary/aromatic N) is 1. The van der Waals surface area contributed by atoms with Gasteiger partial charge in [0.15, 0.2) is 11.5 Å². The molecule has 3 rings (SSSR count). The van der Waals surface area contributed by atoms with E-state index in [-0.39, 0.29) is 18.2 Å². The van der Waals surface area contributed by atoms with Gasteiger partial charge in [0.25, 0.3) is 0 Å². The van der Waals surface area contributed by atoms with Gasteiger partial charge in [-0.15, -0.1) is 12.4 Å². The molecule has 2 aliphatic rings. The maximum atomic E-state index is 12.5. The summed E-state index contributed by atoms with van der Waals surface area (Å²) in [5, 5.41) is 0. The summed E-state index contributed by atoms with van der Waals surface area (Å²) in [4.78, 5) is 2.42. The monoisotopic (exact) mass is 376 g/mol. The van der Waals surface area contributed by atoms with Crippen molar-refractivity contribution in [3.8, 4) is 11.5 Å². The fourth-order valence-corrected chi connectivity index (χ4v) is 4.11. The molecule has 1 heterocycles. The van der Waals surface area contributed by atoms with E-state index in [0.717, 1.165) is 31.6 Å². The van der Waals surface area contributed by atoms with Crippen LogP contribution >= 0.6 is 12.4 Å². The summed E-state index contributed by atoms with van der Waals surface area (Å²) in [7, 11) is 0. The minimum atomic E-state index is -2.85. The summed E-state index contributed by atoms with van der Waals surface area (Å²) in [5.41, 5.74) is 7.32. The van der Waals surface area contributed by atoms with Crippen molar-refractivity contribution < 1.29 is 18.3 Å². The Bertz CT molecular complexity index is 562. The predicted molar refractivity (Wildman–Crippen MR) is 95.6 cm³/mol. The average molecular weight is 377 g/mol. The standard InChI is InChI=1S/C18H26F2N2O2.ClH/c1-2-23-17-8-12(6-7-16(17)24-18(19)20)9-22-10-13-4-3-5-15(21)14(13)11-22;/h6-8,13-15,18H,2-5,9-11,21H2,1H3;1H. The molecule has 0 amide bonds. The third kappa shape index (κ3) is 4.96. The molecule has 3 unspecified atom stereocenters. The number of benzene rings is 1. The summed E-state index contributed by atoms with van der Waals surface area (Å²) < 4.78 is 34.9. The van der Waals surface area contributed by atoms with Gasteiger partial charge in [0.1, 0.15) is 0 Å². The first kappa shape index (κ1) is 20.2. The van der Waals surface area contributed by atoms with E-state index in [9.17, 15) is 8.78 Å². The lowest BCUT2D eigenvalue weighted by Crippen LogP contribution is -2.38. The molecule has 7 heteroatoms. The molecule has 0 radical (unpaired) electrons. The number of fused-ring (bicyclic) bond motifs is 1. The highest BCUT2D eigenvalue weighted by molar-refractivity contribution is 5.85. The Morgan fingerprint density at radius 1 is 1.24 bits per heavy atom. The van der Waals surface area contributed by atoms with E-state index in [0.29, 0.717) is 30.2 Å². The predicted octanol–water partition coefficient (Wildman–Crippen LogP) is 3.67. The molecule has 1 aromatic rings. The van der Waals surface area contributed by atoms with Crippen LogP contribution in [0.5, 0.6) is 11.5 Å². The van der Waals surface area contributed by atoms with E-state index in [1.165, 1.54) is 12.8 Å². The van der Waals surface area contributed by atoms with Crippen molar-refractivity contribution in [1.29, 1.82) is 0 Å². The highest BCUT2D eigenvalue weighted by atomic mass is 35.5. The lowest BCUT2D eigenvalue weighted by atomic mass is 9.78. The minimum Gasteiger partial charge on any atom is -0.490 e. The molecular formula is C18H27ClF2N2O2. The Labute approximate surface area is 154 Å². The van der Waals surface area contributed by atoms with Crippen LogP contribution in [0.25, 0.3) is 0 Å². The molecule has 142 valence electrons. The van der Waals surface area contributed by atoms with Crippen LogP contribution in [0, 0.1) is 11.8 Å². The van der Waals surface area contributed by atoms with Crippen LogP contribution in [0.2, 0.25) is 0 Å². The van der Waals surface area contributed by atoms with Gasteiger partial charge in [-0.1, -0.05) is 12.5 Å². The van der Waals surface area contributed by atoms with Gasteiger partial charge in [-0.2, -0.15) is 8.78 Å². The molecule has 1 saturated carbocycles. The van der Waals surface area contributed by atoms with Crippen LogP contribution in [-0.2, 0) is 6.54 Å². The Kier molecular flexibility index (Phi) is 7.28. The molecule has 1 saturated heterocycles. The van der Waals surface area contributed by atoms with Gasteiger partial charge in [0.05, 0.1) is 6.61 Å². The minimum absolute atomic E-state index is 0. The summed E-state index contributed by atoms with van der Waals surface area (Å²) in [5.74, 6) is 1.75. The second-order valence-corrected chi connectivity index (χ2v) is 6.81. The van der Waals surface area contributed by atoms with Crippen LogP contribution in [0.15, 0.2) is 18.2 Å². The van der Waals surface area contributed by atoms with E-state index in [1.807, 2.05) is 19.1 Å². The van der Waals surface area contributed by atoms with Crippen LogP contribution in [0.4, 0.5) is 8.78 Å². The number of nitrogens with two attached hydrogens (primary N) is 1. The third-order valence-electron chi connectivity index (χ3n) is 5.16.